The first-order valence-electron chi connectivity index (χ1n) is 8.72. The molecule has 0 saturated carbocycles. The maximum Gasteiger partial charge on any atom is 0.276 e. The molecule has 1 aromatic carbocycles. The number of carbonyl (C=O) groups is 1. The molecule has 1 atom stereocenters. The number of nitrogens with zero attached hydrogens (tertiary/aromatic N) is 4. The van der Waals surface area contributed by atoms with Crippen molar-refractivity contribution < 1.29 is 13.9 Å². The quantitative estimate of drug-likeness (QED) is 0.709. The van der Waals surface area contributed by atoms with Gasteiger partial charge in [-0.15, -0.1) is 0 Å². The summed E-state index contributed by atoms with van der Waals surface area (Å²) in [5, 5.41) is 4.50. The summed E-state index contributed by atoms with van der Waals surface area (Å²) < 4.78 is 20.2. The molecule has 1 aliphatic rings. The number of rotatable bonds is 4. The van der Waals surface area contributed by atoms with E-state index in [0.29, 0.717) is 23.8 Å². The first kappa shape index (κ1) is 17.2. The smallest absolute Gasteiger partial charge is 0.276 e. The molecule has 0 saturated heterocycles. The van der Waals surface area contributed by atoms with Crippen molar-refractivity contribution in [2.75, 3.05) is 11.4 Å². The Morgan fingerprint density at radius 3 is 2.70 bits per heavy atom. The van der Waals surface area contributed by atoms with Gasteiger partial charge in [0, 0.05) is 18.3 Å². The Morgan fingerprint density at radius 1 is 1.22 bits per heavy atom. The van der Waals surface area contributed by atoms with Gasteiger partial charge in [0.2, 0.25) is 5.88 Å². The zero-order valence-corrected chi connectivity index (χ0v) is 15.1. The summed E-state index contributed by atoms with van der Waals surface area (Å²) in [7, 11) is 0. The van der Waals surface area contributed by atoms with Gasteiger partial charge in [-0.1, -0.05) is 17.7 Å². The van der Waals surface area contributed by atoms with Crippen LogP contribution in [-0.4, -0.2) is 27.2 Å². The van der Waals surface area contributed by atoms with Crippen molar-refractivity contribution in [3.8, 4) is 5.88 Å². The van der Waals surface area contributed by atoms with E-state index < -0.39 is 5.82 Å². The van der Waals surface area contributed by atoms with Crippen LogP contribution in [0.1, 0.15) is 34.7 Å². The van der Waals surface area contributed by atoms with Crippen molar-refractivity contribution in [2.45, 2.75) is 26.5 Å². The second-order valence-electron chi connectivity index (χ2n) is 6.67. The van der Waals surface area contributed by atoms with Crippen LogP contribution in [0.4, 0.5) is 10.1 Å². The fourth-order valence-electron chi connectivity index (χ4n) is 3.12. The monoisotopic (exact) mass is 366 g/mol. The predicted molar refractivity (Wildman–Crippen MR) is 98.3 cm³/mol. The minimum Gasteiger partial charge on any atom is -0.471 e. The number of fused-ring (bicyclic) bond motifs is 1. The van der Waals surface area contributed by atoms with Crippen molar-refractivity contribution in [3.05, 3.63) is 71.4 Å². The Morgan fingerprint density at radius 2 is 2.00 bits per heavy atom. The number of aryl methyl sites for hydroxylation is 1. The number of hydrogen-bond acceptors (Lipinski definition) is 4. The molecule has 4 rings (SSSR count). The molecule has 0 aliphatic carbocycles. The van der Waals surface area contributed by atoms with E-state index in [-0.39, 0.29) is 18.6 Å². The van der Waals surface area contributed by atoms with Gasteiger partial charge in [-0.25, -0.2) is 9.37 Å². The molecule has 6 nitrogen and oxygen atoms in total. The molecule has 2 aromatic heterocycles. The fourth-order valence-corrected chi connectivity index (χ4v) is 3.12. The van der Waals surface area contributed by atoms with E-state index in [2.05, 4.69) is 10.1 Å². The molecule has 1 aliphatic heterocycles. The van der Waals surface area contributed by atoms with E-state index in [9.17, 15) is 9.18 Å². The van der Waals surface area contributed by atoms with Gasteiger partial charge in [0.1, 0.15) is 23.8 Å². The summed E-state index contributed by atoms with van der Waals surface area (Å²) in [5.74, 6) is -0.200. The minimum atomic E-state index is -0.421. The largest absolute Gasteiger partial charge is 0.471 e. The lowest BCUT2D eigenvalue weighted by Crippen LogP contribution is -2.42. The van der Waals surface area contributed by atoms with Crippen LogP contribution in [0.15, 0.2) is 48.7 Å². The number of benzene rings is 1. The molecule has 0 N–H and O–H groups in total. The van der Waals surface area contributed by atoms with Crippen molar-refractivity contribution >= 4 is 11.6 Å². The van der Waals surface area contributed by atoms with Crippen molar-refractivity contribution in [3.63, 3.8) is 0 Å². The third-order valence-corrected chi connectivity index (χ3v) is 4.53. The molecule has 0 unspecified atom stereocenters. The number of pyridine rings is 1. The van der Waals surface area contributed by atoms with Gasteiger partial charge in [-0.3, -0.25) is 9.48 Å². The van der Waals surface area contributed by atoms with Crippen LogP contribution in [0.2, 0.25) is 0 Å². The lowest BCUT2D eigenvalue weighted by molar-refractivity contribution is 0.0953. The van der Waals surface area contributed by atoms with Crippen molar-refractivity contribution in [1.82, 2.24) is 14.8 Å². The van der Waals surface area contributed by atoms with E-state index in [0.717, 1.165) is 17.4 Å². The SMILES string of the molecule is Cc1ccc(N2C[C@@H](C)n3nc(COc4ccc(F)cn4)cc3C2=O)cc1. The first-order valence-corrected chi connectivity index (χ1v) is 8.72. The van der Waals surface area contributed by atoms with Crippen LogP contribution in [0.25, 0.3) is 0 Å². The number of anilines is 1. The summed E-state index contributed by atoms with van der Waals surface area (Å²) in [4.78, 5) is 18.6. The Labute approximate surface area is 156 Å². The minimum absolute atomic E-state index is 0.0386. The standard InChI is InChI=1S/C20H19FN4O2/c1-13-3-6-17(7-4-13)24-11-14(2)25-18(20(24)26)9-16(23-25)12-27-19-8-5-15(21)10-22-19/h3-10,14H,11-12H2,1-2H3/t14-/m1/s1. The Balaban J connectivity index is 1.54. The molecular weight excluding hydrogens is 347 g/mol. The second kappa shape index (κ2) is 6.83. The summed E-state index contributed by atoms with van der Waals surface area (Å²) in [6.45, 7) is 4.75. The van der Waals surface area contributed by atoms with Crippen LogP contribution in [-0.2, 0) is 6.61 Å². The zero-order valence-electron chi connectivity index (χ0n) is 15.1. The van der Waals surface area contributed by atoms with E-state index >= 15 is 0 Å². The molecule has 3 aromatic rings. The molecular formula is C20H19FN4O2. The molecule has 1 amide bonds. The lowest BCUT2D eigenvalue weighted by atomic mass is 10.1. The summed E-state index contributed by atoms with van der Waals surface area (Å²) >= 11 is 0. The highest BCUT2D eigenvalue weighted by Gasteiger charge is 2.31. The maximum atomic E-state index is 12.9. The molecule has 27 heavy (non-hydrogen) atoms. The van der Waals surface area contributed by atoms with E-state index in [4.69, 9.17) is 4.74 Å². The van der Waals surface area contributed by atoms with Gasteiger partial charge < -0.3 is 9.64 Å². The van der Waals surface area contributed by atoms with Crippen LogP contribution < -0.4 is 9.64 Å². The average molecular weight is 366 g/mol. The van der Waals surface area contributed by atoms with E-state index in [1.807, 2.05) is 38.1 Å². The third kappa shape index (κ3) is 3.40. The zero-order chi connectivity index (χ0) is 19.0. The lowest BCUT2D eigenvalue weighted by Gasteiger charge is -2.31. The third-order valence-electron chi connectivity index (χ3n) is 4.53. The highest BCUT2D eigenvalue weighted by molar-refractivity contribution is 6.05. The summed E-state index contributed by atoms with van der Waals surface area (Å²) in [6.07, 6.45) is 1.10. The van der Waals surface area contributed by atoms with Gasteiger partial charge in [-0.05, 0) is 38.1 Å². The number of hydrogen-bond donors (Lipinski definition) is 0. The number of amides is 1. The number of carbonyl (C=O) groups excluding carboxylic acids is 1. The number of ether oxygens (including phenoxy) is 1. The molecule has 0 bridgehead atoms. The first-order chi connectivity index (χ1) is 13.0. The normalized spacial score (nSPS) is 16.3. The van der Waals surface area contributed by atoms with Crippen molar-refractivity contribution in [2.24, 2.45) is 0 Å². The van der Waals surface area contributed by atoms with E-state index in [1.54, 1.807) is 15.6 Å². The van der Waals surface area contributed by atoms with Crippen LogP contribution in [0.3, 0.4) is 0 Å². The van der Waals surface area contributed by atoms with Gasteiger partial charge in [-0.2, -0.15) is 5.10 Å². The maximum absolute atomic E-state index is 12.9. The highest BCUT2D eigenvalue weighted by Crippen LogP contribution is 2.27. The Hall–Kier alpha value is -3.22. The van der Waals surface area contributed by atoms with Crippen LogP contribution in [0, 0.1) is 12.7 Å². The van der Waals surface area contributed by atoms with Gasteiger partial charge in [0.25, 0.3) is 5.91 Å². The van der Waals surface area contributed by atoms with Crippen LogP contribution in [0.5, 0.6) is 5.88 Å². The summed E-state index contributed by atoms with van der Waals surface area (Å²) in [6, 6.07) is 12.4. The molecule has 0 spiro atoms. The number of aromatic nitrogens is 3. The molecule has 3 heterocycles. The Bertz CT molecular complexity index is 967. The van der Waals surface area contributed by atoms with Crippen LogP contribution >= 0.6 is 0 Å². The topological polar surface area (TPSA) is 60.3 Å². The molecule has 7 heteroatoms. The summed E-state index contributed by atoms with van der Waals surface area (Å²) in [5.41, 5.74) is 3.18. The second-order valence-corrected chi connectivity index (χ2v) is 6.67. The molecule has 0 fully saturated rings. The molecule has 0 radical (unpaired) electrons. The highest BCUT2D eigenvalue weighted by atomic mass is 19.1. The Kier molecular flexibility index (Phi) is 4.35. The molecule has 138 valence electrons. The average Bonchev–Trinajstić information content (AvgIpc) is 3.10. The van der Waals surface area contributed by atoms with Gasteiger partial charge in [0.05, 0.1) is 12.2 Å². The van der Waals surface area contributed by atoms with Gasteiger partial charge in [0.15, 0.2) is 0 Å². The number of halogens is 1. The van der Waals surface area contributed by atoms with Gasteiger partial charge >= 0.3 is 0 Å². The van der Waals surface area contributed by atoms with E-state index in [1.165, 1.54) is 12.1 Å². The fraction of sp³-hybridized carbons (Fsp3) is 0.250. The predicted octanol–water partition coefficient (Wildman–Crippen LogP) is 3.53. The van der Waals surface area contributed by atoms with Crippen molar-refractivity contribution in [1.29, 1.82) is 0 Å².